The van der Waals surface area contributed by atoms with Crippen molar-refractivity contribution in [3.05, 3.63) is 29.6 Å². The fourth-order valence-corrected chi connectivity index (χ4v) is 3.74. The van der Waals surface area contributed by atoms with Gasteiger partial charge < -0.3 is 25.7 Å². The number of hydrogen-bond acceptors (Lipinski definition) is 6. The Bertz CT molecular complexity index is 657. The minimum Gasteiger partial charge on any atom is -0.459 e. The Morgan fingerprint density at radius 1 is 1.38 bits per heavy atom. The van der Waals surface area contributed by atoms with Gasteiger partial charge in [-0.15, -0.1) is 0 Å². The molecule has 2 aliphatic heterocycles. The summed E-state index contributed by atoms with van der Waals surface area (Å²) in [4.78, 5) is 4.18. The molecule has 0 radical (unpaired) electrons. The highest BCUT2D eigenvalue weighted by molar-refractivity contribution is 5.73. The Kier molecular flexibility index (Phi) is 4.35. The number of benzene rings is 1. The van der Waals surface area contributed by atoms with E-state index >= 15 is 0 Å². The molecule has 8 heteroatoms. The standard InChI is InChI=1S/C16H21F2N3O3/c1-8-14-13(12(23-8)6-22-2)16(7-17,21-15(20)24-14)10-5-9(19)3-4-11(10)18/h3-5,8,12-14H,6-7,19H2,1-2H3,(H2,20,21)/t8-,12+,13+,14-,16-/m1/s1. The van der Waals surface area contributed by atoms with Gasteiger partial charge in [-0.05, 0) is 25.1 Å². The number of halogens is 2. The molecule has 0 spiro atoms. The van der Waals surface area contributed by atoms with Crippen LogP contribution in [0.5, 0.6) is 0 Å². The minimum atomic E-state index is -1.57. The number of nitrogen functional groups attached to an aromatic ring is 1. The molecular weight excluding hydrogens is 320 g/mol. The molecule has 5 atom stereocenters. The summed E-state index contributed by atoms with van der Waals surface area (Å²) in [5, 5.41) is 0. The summed E-state index contributed by atoms with van der Waals surface area (Å²) in [6.07, 6.45) is -1.43. The van der Waals surface area contributed by atoms with Crippen molar-refractivity contribution >= 4 is 11.7 Å². The zero-order chi connectivity index (χ0) is 17.5. The summed E-state index contributed by atoms with van der Waals surface area (Å²) in [6, 6.07) is 3.81. The Morgan fingerprint density at radius 3 is 2.79 bits per heavy atom. The van der Waals surface area contributed by atoms with Crippen LogP contribution in [-0.2, 0) is 19.7 Å². The normalized spacial score (nSPS) is 35.2. The third-order valence-electron chi connectivity index (χ3n) is 4.72. The molecular formula is C16H21F2N3O3. The van der Waals surface area contributed by atoms with E-state index in [-0.39, 0.29) is 24.3 Å². The fraction of sp³-hybridized carbons (Fsp3) is 0.562. The van der Waals surface area contributed by atoms with Crippen molar-refractivity contribution in [3.8, 4) is 0 Å². The van der Waals surface area contributed by atoms with Crippen LogP contribution >= 0.6 is 0 Å². The molecule has 0 aromatic heterocycles. The van der Waals surface area contributed by atoms with Crippen LogP contribution < -0.4 is 11.5 Å². The number of ether oxygens (including phenoxy) is 3. The van der Waals surface area contributed by atoms with E-state index < -0.39 is 36.2 Å². The Balaban J connectivity index is 2.18. The van der Waals surface area contributed by atoms with Gasteiger partial charge in [0.15, 0.2) is 0 Å². The minimum absolute atomic E-state index is 0.0463. The largest absolute Gasteiger partial charge is 0.459 e. The number of aliphatic imine (C=N–C) groups is 1. The molecule has 1 aromatic rings. The summed E-state index contributed by atoms with van der Waals surface area (Å²) in [6.45, 7) is 1.04. The van der Waals surface area contributed by atoms with Gasteiger partial charge in [0.05, 0.1) is 24.7 Å². The lowest BCUT2D eigenvalue weighted by Crippen LogP contribution is -2.53. The summed E-state index contributed by atoms with van der Waals surface area (Å²) in [5.74, 6) is -1.20. The molecule has 1 fully saturated rings. The molecule has 132 valence electrons. The Morgan fingerprint density at radius 2 is 2.12 bits per heavy atom. The Hall–Kier alpha value is -1.93. The maximum atomic E-state index is 14.5. The number of nitrogens with two attached hydrogens (primary N) is 2. The van der Waals surface area contributed by atoms with Gasteiger partial charge in [0.1, 0.15) is 24.1 Å². The van der Waals surface area contributed by atoms with Gasteiger partial charge in [-0.2, -0.15) is 0 Å². The number of nitrogens with zero attached hydrogens (tertiary/aromatic N) is 1. The van der Waals surface area contributed by atoms with Crippen LogP contribution in [0.15, 0.2) is 23.2 Å². The Labute approximate surface area is 138 Å². The van der Waals surface area contributed by atoms with Gasteiger partial charge in [0.2, 0.25) is 0 Å². The van der Waals surface area contributed by atoms with E-state index in [9.17, 15) is 8.78 Å². The van der Waals surface area contributed by atoms with Gasteiger partial charge in [-0.1, -0.05) is 0 Å². The lowest BCUT2D eigenvalue weighted by Gasteiger charge is -2.42. The first-order chi connectivity index (χ1) is 11.4. The van der Waals surface area contributed by atoms with Crippen LogP contribution in [-0.4, -0.2) is 44.7 Å². The van der Waals surface area contributed by atoms with Crippen LogP contribution in [0.1, 0.15) is 12.5 Å². The third kappa shape index (κ3) is 2.50. The molecule has 6 nitrogen and oxygen atoms in total. The average Bonchev–Trinajstić information content (AvgIpc) is 2.86. The molecule has 3 rings (SSSR count). The first-order valence-corrected chi connectivity index (χ1v) is 7.70. The average molecular weight is 341 g/mol. The van der Waals surface area contributed by atoms with Crippen LogP contribution in [0.2, 0.25) is 0 Å². The summed E-state index contributed by atoms with van der Waals surface area (Å²) in [5.41, 5.74) is 10.3. The summed E-state index contributed by atoms with van der Waals surface area (Å²) >= 11 is 0. The van der Waals surface area contributed by atoms with Crippen molar-refractivity contribution in [2.45, 2.75) is 30.8 Å². The molecule has 0 unspecified atom stereocenters. The first-order valence-electron chi connectivity index (χ1n) is 7.70. The zero-order valence-electron chi connectivity index (χ0n) is 13.5. The summed E-state index contributed by atoms with van der Waals surface area (Å²) < 4.78 is 45.5. The van der Waals surface area contributed by atoms with Gasteiger partial charge in [-0.3, -0.25) is 0 Å². The number of hydrogen-bond donors (Lipinski definition) is 2. The molecule has 1 aromatic carbocycles. The van der Waals surface area contributed by atoms with E-state index in [2.05, 4.69) is 4.99 Å². The highest BCUT2D eigenvalue weighted by atomic mass is 19.1. The molecule has 0 amide bonds. The lowest BCUT2D eigenvalue weighted by atomic mass is 9.73. The van der Waals surface area contributed by atoms with Gasteiger partial charge in [-0.25, -0.2) is 13.8 Å². The monoisotopic (exact) mass is 341 g/mol. The lowest BCUT2D eigenvalue weighted by molar-refractivity contribution is -0.0211. The number of amidine groups is 1. The van der Waals surface area contributed by atoms with Crippen LogP contribution in [0.25, 0.3) is 0 Å². The van der Waals surface area contributed by atoms with Crippen molar-refractivity contribution in [2.75, 3.05) is 26.1 Å². The van der Waals surface area contributed by atoms with Crippen LogP contribution in [0.3, 0.4) is 0 Å². The second kappa shape index (κ2) is 6.18. The number of methoxy groups -OCH3 is 1. The second-order valence-electron chi connectivity index (χ2n) is 6.19. The molecule has 1 saturated heterocycles. The predicted octanol–water partition coefficient (Wildman–Crippen LogP) is 1.34. The fourth-order valence-electron chi connectivity index (χ4n) is 3.74. The maximum Gasteiger partial charge on any atom is 0.283 e. The maximum absolute atomic E-state index is 14.5. The van der Waals surface area contributed by atoms with E-state index in [0.29, 0.717) is 5.69 Å². The molecule has 4 N–H and O–H groups in total. The number of alkyl halides is 1. The number of rotatable bonds is 4. The highest BCUT2D eigenvalue weighted by Crippen LogP contribution is 2.48. The molecule has 2 heterocycles. The van der Waals surface area contributed by atoms with Crippen molar-refractivity contribution in [1.29, 1.82) is 0 Å². The SMILES string of the molecule is COC[C@@H]1O[C@H](C)[C@H]2OC(N)=N[C@](CF)(c3cc(N)ccc3F)[C@H]21. The van der Waals surface area contributed by atoms with Gasteiger partial charge >= 0.3 is 0 Å². The highest BCUT2D eigenvalue weighted by Gasteiger charge is 2.59. The van der Waals surface area contributed by atoms with Gasteiger partial charge in [0, 0.05) is 18.4 Å². The second-order valence-corrected chi connectivity index (χ2v) is 6.19. The van der Waals surface area contributed by atoms with E-state index in [1.165, 1.54) is 25.3 Å². The van der Waals surface area contributed by atoms with Crippen LogP contribution in [0, 0.1) is 11.7 Å². The number of anilines is 1. The van der Waals surface area contributed by atoms with Crippen molar-refractivity contribution < 1.29 is 23.0 Å². The smallest absolute Gasteiger partial charge is 0.283 e. The zero-order valence-corrected chi connectivity index (χ0v) is 13.5. The van der Waals surface area contributed by atoms with E-state index in [0.717, 1.165) is 0 Å². The van der Waals surface area contributed by atoms with Gasteiger partial charge in [0.25, 0.3) is 6.02 Å². The van der Waals surface area contributed by atoms with Crippen LogP contribution in [0.4, 0.5) is 14.5 Å². The molecule has 24 heavy (non-hydrogen) atoms. The van der Waals surface area contributed by atoms with E-state index in [1.807, 2.05) is 0 Å². The third-order valence-corrected chi connectivity index (χ3v) is 4.72. The topological polar surface area (TPSA) is 92.1 Å². The predicted molar refractivity (Wildman–Crippen MR) is 84.7 cm³/mol. The first kappa shape index (κ1) is 16.9. The molecule has 0 saturated carbocycles. The summed E-state index contributed by atoms with van der Waals surface area (Å²) in [7, 11) is 1.51. The van der Waals surface area contributed by atoms with Crippen molar-refractivity contribution in [2.24, 2.45) is 16.6 Å². The molecule has 0 bridgehead atoms. The quantitative estimate of drug-likeness (QED) is 0.806. The molecule has 0 aliphatic carbocycles. The van der Waals surface area contributed by atoms with Crippen molar-refractivity contribution in [3.63, 3.8) is 0 Å². The van der Waals surface area contributed by atoms with E-state index in [4.69, 9.17) is 25.7 Å². The number of fused-ring (bicyclic) bond motifs is 1. The molecule has 2 aliphatic rings. The van der Waals surface area contributed by atoms with E-state index in [1.54, 1.807) is 6.92 Å². The van der Waals surface area contributed by atoms with Crippen molar-refractivity contribution in [1.82, 2.24) is 0 Å².